The van der Waals surface area contributed by atoms with Crippen molar-refractivity contribution in [1.82, 2.24) is 5.32 Å². The highest BCUT2D eigenvalue weighted by Crippen LogP contribution is 2.32. The molecule has 2 unspecified atom stereocenters. The van der Waals surface area contributed by atoms with Crippen LogP contribution in [-0.2, 0) is 4.79 Å². The molecule has 2 N–H and O–H groups in total. The molecular formula is C11H12Cl2FNO2. The van der Waals surface area contributed by atoms with Gasteiger partial charge in [-0.1, -0.05) is 23.2 Å². The van der Waals surface area contributed by atoms with Crippen molar-refractivity contribution in [2.45, 2.75) is 25.9 Å². The highest BCUT2D eigenvalue weighted by atomic mass is 35.5. The fourth-order valence-electron chi connectivity index (χ4n) is 1.47. The van der Waals surface area contributed by atoms with E-state index in [2.05, 4.69) is 5.32 Å². The standard InChI is InChI=1S/C11H12Cl2FNO2/c1-5(15-6(2)11(16)17)9-7(12)3-4-8(14)10(9)13/h3-6,15H,1-2H3,(H,16,17). The summed E-state index contributed by atoms with van der Waals surface area (Å²) in [5, 5.41) is 11.7. The lowest BCUT2D eigenvalue weighted by Gasteiger charge is -2.19. The van der Waals surface area contributed by atoms with Crippen molar-refractivity contribution in [2.24, 2.45) is 0 Å². The smallest absolute Gasteiger partial charge is 0.320 e. The maximum atomic E-state index is 13.3. The van der Waals surface area contributed by atoms with Crippen LogP contribution >= 0.6 is 23.2 Å². The number of benzene rings is 1. The number of hydrogen-bond acceptors (Lipinski definition) is 2. The molecule has 0 aliphatic heterocycles. The van der Waals surface area contributed by atoms with Crippen LogP contribution in [0.5, 0.6) is 0 Å². The number of hydrogen-bond donors (Lipinski definition) is 2. The predicted molar refractivity (Wildman–Crippen MR) is 65.1 cm³/mol. The van der Waals surface area contributed by atoms with Gasteiger partial charge in [0.2, 0.25) is 0 Å². The molecule has 0 spiro atoms. The van der Waals surface area contributed by atoms with Crippen molar-refractivity contribution in [1.29, 1.82) is 0 Å². The van der Waals surface area contributed by atoms with Crippen molar-refractivity contribution in [3.63, 3.8) is 0 Å². The molecule has 94 valence electrons. The first-order valence-electron chi connectivity index (χ1n) is 4.96. The maximum Gasteiger partial charge on any atom is 0.320 e. The van der Waals surface area contributed by atoms with Crippen LogP contribution in [0.4, 0.5) is 4.39 Å². The molecule has 0 aliphatic carbocycles. The second kappa shape index (κ2) is 5.67. The van der Waals surface area contributed by atoms with Crippen LogP contribution in [0, 0.1) is 5.82 Å². The maximum absolute atomic E-state index is 13.3. The molecule has 0 saturated heterocycles. The molecule has 3 nitrogen and oxygen atoms in total. The zero-order valence-electron chi connectivity index (χ0n) is 9.30. The summed E-state index contributed by atoms with van der Waals surface area (Å²) in [6.45, 7) is 3.16. The minimum atomic E-state index is -1.000. The normalized spacial score (nSPS) is 14.4. The molecule has 17 heavy (non-hydrogen) atoms. The third kappa shape index (κ3) is 3.31. The molecule has 0 aromatic heterocycles. The number of nitrogens with one attached hydrogen (secondary N) is 1. The lowest BCUT2D eigenvalue weighted by Crippen LogP contribution is -2.35. The molecule has 0 bridgehead atoms. The van der Waals surface area contributed by atoms with E-state index in [0.717, 1.165) is 0 Å². The minimum absolute atomic E-state index is 0.0879. The van der Waals surface area contributed by atoms with Crippen LogP contribution in [0.2, 0.25) is 10.0 Å². The monoisotopic (exact) mass is 279 g/mol. The van der Waals surface area contributed by atoms with E-state index in [0.29, 0.717) is 10.6 Å². The van der Waals surface area contributed by atoms with Crippen molar-refractivity contribution >= 4 is 29.2 Å². The van der Waals surface area contributed by atoms with Gasteiger partial charge in [0.05, 0.1) is 5.02 Å². The van der Waals surface area contributed by atoms with E-state index in [9.17, 15) is 9.18 Å². The Kier molecular flexibility index (Phi) is 4.74. The minimum Gasteiger partial charge on any atom is -0.480 e. The summed E-state index contributed by atoms with van der Waals surface area (Å²) in [5.74, 6) is -1.58. The number of carbonyl (C=O) groups is 1. The zero-order valence-corrected chi connectivity index (χ0v) is 10.8. The van der Waals surface area contributed by atoms with Gasteiger partial charge in [0.1, 0.15) is 11.9 Å². The van der Waals surface area contributed by atoms with Crippen molar-refractivity contribution < 1.29 is 14.3 Å². The average Bonchev–Trinajstić information content (AvgIpc) is 2.24. The predicted octanol–water partition coefficient (Wildman–Crippen LogP) is 3.26. The first kappa shape index (κ1) is 14.2. The van der Waals surface area contributed by atoms with Crippen molar-refractivity contribution in [3.05, 3.63) is 33.6 Å². The fraction of sp³-hybridized carbons (Fsp3) is 0.364. The third-order valence-electron chi connectivity index (χ3n) is 2.38. The number of aliphatic carboxylic acids is 1. The first-order chi connectivity index (χ1) is 7.84. The van der Waals surface area contributed by atoms with E-state index in [1.54, 1.807) is 6.92 Å². The molecule has 2 atom stereocenters. The Labute approximate surface area is 109 Å². The Morgan fingerprint density at radius 3 is 2.53 bits per heavy atom. The molecule has 0 radical (unpaired) electrons. The van der Waals surface area contributed by atoms with Crippen LogP contribution in [0.1, 0.15) is 25.5 Å². The Morgan fingerprint density at radius 2 is 2.00 bits per heavy atom. The Balaban J connectivity index is 3.00. The second-order valence-electron chi connectivity index (χ2n) is 3.71. The van der Waals surface area contributed by atoms with Gasteiger partial charge in [0, 0.05) is 16.6 Å². The van der Waals surface area contributed by atoms with E-state index in [1.165, 1.54) is 19.1 Å². The summed E-state index contributed by atoms with van der Waals surface area (Å²) in [6, 6.07) is 1.32. The van der Waals surface area contributed by atoms with E-state index >= 15 is 0 Å². The van der Waals surface area contributed by atoms with E-state index in [1.807, 2.05) is 0 Å². The molecule has 1 aromatic carbocycles. The van der Waals surface area contributed by atoms with Gasteiger partial charge < -0.3 is 5.11 Å². The highest BCUT2D eigenvalue weighted by molar-refractivity contribution is 6.36. The van der Waals surface area contributed by atoms with Gasteiger partial charge in [-0.3, -0.25) is 10.1 Å². The van der Waals surface area contributed by atoms with E-state index in [-0.39, 0.29) is 5.02 Å². The Hall–Kier alpha value is -0.840. The summed E-state index contributed by atoms with van der Waals surface area (Å²) < 4.78 is 13.3. The molecule has 6 heteroatoms. The van der Waals surface area contributed by atoms with Gasteiger partial charge >= 0.3 is 5.97 Å². The van der Waals surface area contributed by atoms with Crippen LogP contribution in [0.15, 0.2) is 12.1 Å². The molecular weight excluding hydrogens is 268 g/mol. The van der Waals surface area contributed by atoms with E-state index in [4.69, 9.17) is 28.3 Å². The van der Waals surface area contributed by atoms with Gasteiger partial charge in [-0.15, -0.1) is 0 Å². The number of carboxylic acid groups (broad SMARTS) is 1. The summed E-state index contributed by atoms with van der Waals surface area (Å²) in [7, 11) is 0. The average molecular weight is 280 g/mol. The summed E-state index contributed by atoms with van der Waals surface area (Å²) in [5.41, 5.74) is 0.362. The SMILES string of the molecule is CC(NC(C)c1c(Cl)ccc(F)c1Cl)C(=O)O. The topological polar surface area (TPSA) is 49.3 Å². The summed E-state index contributed by atoms with van der Waals surface area (Å²) in [6.07, 6.45) is 0. The largest absolute Gasteiger partial charge is 0.480 e. The van der Waals surface area contributed by atoms with Crippen LogP contribution in [-0.4, -0.2) is 17.1 Å². The quantitative estimate of drug-likeness (QED) is 0.832. The Morgan fingerprint density at radius 1 is 1.41 bits per heavy atom. The lowest BCUT2D eigenvalue weighted by molar-refractivity contribution is -0.139. The first-order valence-corrected chi connectivity index (χ1v) is 5.72. The second-order valence-corrected chi connectivity index (χ2v) is 4.49. The zero-order chi connectivity index (χ0) is 13.2. The van der Waals surface area contributed by atoms with Gasteiger partial charge in [0.25, 0.3) is 0 Å². The fourth-order valence-corrected chi connectivity index (χ4v) is 2.17. The molecule has 1 rings (SSSR count). The molecule has 1 aromatic rings. The van der Waals surface area contributed by atoms with Gasteiger partial charge in [0.15, 0.2) is 0 Å². The van der Waals surface area contributed by atoms with Gasteiger partial charge in [-0.25, -0.2) is 4.39 Å². The number of rotatable bonds is 4. The summed E-state index contributed by atoms with van der Waals surface area (Å²) >= 11 is 11.7. The van der Waals surface area contributed by atoms with Gasteiger partial charge in [-0.2, -0.15) is 0 Å². The molecule has 0 saturated carbocycles. The van der Waals surface area contributed by atoms with E-state index < -0.39 is 23.9 Å². The highest BCUT2D eigenvalue weighted by Gasteiger charge is 2.20. The van der Waals surface area contributed by atoms with Crippen LogP contribution in [0.25, 0.3) is 0 Å². The van der Waals surface area contributed by atoms with Crippen molar-refractivity contribution in [2.75, 3.05) is 0 Å². The van der Waals surface area contributed by atoms with Crippen molar-refractivity contribution in [3.8, 4) is 0 Å². The lowest BCUT2D eigenvalue weighted by atomic mass is 10.1. The molecule has 0 aliphatic rings. The molecule has 0 fully saturated rings. The third-order valence-corrected chi connectivity index (χ3v) is 3.10. The van der Waals surface area contributed by atoms with Crippen LogP contribution in [0.3, 0.4) is 0 Å². The Bertz CT molecular complexity index is 440. The number of halogens is 3. The summed E-state index contributed by atoms with van der Waals surface area (Å²) in [4.78, 5) is 10.7. The number of carboxylic acids is 1. The molecule has 0 amide bonds. The van der Waals surface area contributed by atoms with Crippen LogP contribution < -0.4 is 5.32 Å². The van der Waals surface area contributed by atoms with Gasteiger partial charge in [-0.05, 0) is 26.0 Å². The molecule has 0 heterocycles.